The maximum Gasteiger partial charge on any atom is 0.219 e. The Kier molecular flexibility index (Phi) is 4.99. The zero-order chi connectivity index (χ0) is 13.1. The van der Waals surface area contributed by atoms with Gasteiger partial charge in [0, 0.05) is 12.0 Å². The number of carbonyl (C=O) groups is 1. The number of primary amides is 1. The molecule has 3 N–H and O–H groups in total. The quantitative estimate of drug-likeness (QED) is 0.774. The molecular weight excluding hydrogens is 212 g/mol. The summed E-state index contributed by atoms with van der Waals surface area (Å²) in [5.41, 5.74) is 5.40. The number of carbonyl (C=O) groups excluding carboxylic acids is 1. The first-order valence-electron chi connectivity index (χ1n) is 6.94. The lowest BCUT2D eigenvalue weighted by atomic mass is 9.63. The Hall–Kier alpha value is -0.570. The Morgan fingerprint density at radius 2 is 2.12 bits per heavy atom. The van der Waals surface area contributed by atoms with E-state index in [0.717, 1.165) is 13.0 Å². The number of nitrogens with one attached hydrogen (secondary N) is 1. The number of rotatable bonds is 5. The molecular formula is C14H28N2O. The van der Waals surface area contributed by atoms with E-state index in [-0.39, 0.29) is 11.4 Å². The van der Waals surface area contributed by atoms with E-state index in [1.807, 2.05) is 0 Å². The standard InChI is InChI=1S/C14H28N2O/c1-5-16-14(9-13(15)17)8-11(4)6-7-12(14)10(2)3/h10-12,16H,5-9H2,1-4H3,(H2,15,17). The van der Waals surface area contributed by atoms with Gasteiger partial charge in [-0.15, -0.1) is 0 Å². The summed E-state index contributed by atoms with van der Waals surface area (Å²) in [6.07, 6.45) is 4.04. The molecule has 0 aromatic carbocycles. The molecule has 0 saturated heterocycles. The molecule has 0 aromatic rings. The molecule has 0 aromatic heterocycles. The lowest BCUT2D eigenvalue weighted by Crippen LogP contribution is -2.57. The van der Waals surface area contributed by atoms with Crippen LogP contribution in [0.15, 0.2) is 0 Å². The van der Waals surface area contributed by atoms with Crippen molar-refractivity contribution in [1.82, 2.24) is 5.32 Å². The van der Waals surface area contributed by atoms with Crippen molar-refractivity contribution in [2.45, 2.75) is 58.9 Å². The minimum absolute atomic E-state index is 0.0631. The second kappa shape index (κ2) is 5.85. The van der Waals surface area contributed by atoms with Gasteiger partial charge in [0.15, 0.2) is 0 Å². The molecule has 100 valence electrons. The SMILES string of the molecule is CCNC1(CC(N)=O)CC(C)CCC1C(C)C. The molecule has 3 unspecified atom stereocenters. The van der Waals surface area contributed by atoms with E-state index >= 15 is 0 Å². The summed E-state index contributed by atoms with van der Waals surface area (Å²) in [7, 11) is 0. The lowest BCUT2D eigenvalue weighted by molar-refractivity contribution is -0.121. The van der Waals surface area contributed by atoms with E-state index in [4.69, 9.17) is 5.73 Å². The van der Waals surface area contributed by atoms with Gasteiger partial charge in [-0.1, -0.05) is 34.1 Å². The highest BCUT2D eigenvalue weighted by Gasteiger charge is 2.44. The van der Waals surface area contributed by atoms with Crippen molar-refractivity contribution in [2.75, 3.05) is 6.54 Å². The van der Waals surface area contributed by atoms with E-state index < -0.39 is 0 Å². The summed E-state index contributed by atoms with van der Waals surface area (Å²) in [5, 5.41) is 3.59. The fourth-order valence-corrected chi connectivity index (χ4v) is 3.72. The van der Waals surface area contributed by atoms with Crippen LogP contribution in [0, 0.1) is 17.8 Å². The van der Waals surface area contributed by atoms with Crippen molar-refractivity contribution in [1.29, 1.82) is 0 Å². The summed E-state index contributed by atoms with van der Waals surface area (Å²) in [6.45, 7) is 9.81. The molecule has 0 bridgehead atoms. The Labute approximate surface area is 106 Å². The zero-order valence-electron chi connectivity index (χ0n) is 11.8. The van der Waals surface area contributed by atoms with E-state index in [1.54, 1.807) is 0 Å². The Morgan fingerprint density at radius 3 is 2.59 bits per heavy atom. The van der Waals surface area contributed by atoms with Crippen LogP contribution < -0.4 is 11.1 Å². The first-order chi connectivity index (χ1) is 7.91. The van der Waals surface area contributed by atoms with Crippen LogP contribution in [0.25, 0.3) is 0 Å². The normalized spacial score (nSPS) is 33.9. The van der Waals surface area contributed by atoms with Crippen LogP contribution in [0.5, 0.6) is 0 Å². The molecule has 1 fully saturated rings. The number of amides is 1. The van der Waals surface area contributed by atoms with Crippen molar-refractivity contribution in [2.24, 2.45) is 23.5 Å². The molecule has 1 amide bonds. The third-order valence-corrected chi connectivity index (χ3v) is 4.22. The maximum absolute atomic E-state index is 11.4. The van der Waals surface area contributed by atoms with Gasteiger partial charge in [0.1, 0.15) is 0 Å². The van der Waals surface area contributed by atoms with Crippen LogP contribution >= 0.6 is 0 Å². The molecule has 1 rings (SSSR count). The average molecular weight is 240 g/mol. The van der Waals surface area contributed by atoms with Gasteiger partial charge in [0.05, 0.1) is 0 Å². The Bertz CT molecular complexity index is 265. The third kappa shape index (κ3) is 3.44. The molecule has 0 heterocycles. The van der Waals surface area contributed by atoms with Gasteiger partial charge in [-0.05, 0) is 37.1 Å². The van der Waals surface area contributed by atoms with Crippen LogP contribution in [0.4, 0.5) is 0 Å². The summed E-state index contributed by atoms with van der Waals surface area (Å²) in [4.78, 5) is 11.4. The Balaban J connectivity index is 2.95. The molecule has 0 radical (unpaired) electrons. The average Bonchev–Trinajstić information content (AvgIpc) is 2.15. The van der Waals surface area contributed by atoms with Gasteiger partial charge in [-0.2, -0.15) is 0 Å². The van der Waals surface area contributed by atoms with E-state index in [0.29, 0.717) is 24.2 Å². The summed E-state index contributed by atoms with van der Waals surface area (Å²) < 4.78 is 0. The molecule has 0 aliphatic heterocycles. The first kappa shape index (κ1) is 14.5. The van der Waals surface area contributed by atoms with Crippen LogP contribution in [-0.4, -0.2) is 18.0 Å². The Morgan fingerprint density at radius 1 is 1.47 bits per heavy atom. The minimum Gasteiger partial charge on any atom is -0.370 e. The second-order valence-corrected chi connectivity index (χ2v) is 6.07. The van der Waals surface area contributed by atoms with Crippen LogP contribution in [0.3, 0.4) is 0 Å². The largest absolute Gasteiger partial charge is 0.370 e. The van der Waals surface area contributed by atoms with Crippen molar-refractivity contribution >= 4 is 5.91 Å². The highest BCUT2D eigenvalue weighted by molar-refractivity contribution is 5.75. The first-order valence-corrected chi connectivity index (χ1v) is 6.94. The molecule has 1 aliphatic rings. The topological polar surface area (TPSA) is 55.1 Å². The maximum atomic E-state index is 11.4. The van der Waals surface area contributed by atoms with Crippen molar-refractivity contribution in [3.05, 3.63) is 0 Å². The predicted octanol–water partition coefficient (Wildman–Crippen LogP) is 2.30. The summed E-state index contributed by atoms with van der Waals surface area (Å²) >= 11 is 0. The number of hydrogen-bond donors (Lipinski definition) is 2. The highest BCUT2D eigenvalue weighted by Crippen LogP contribution is 2.42. The number of nitrogens with two attached hydrogens (primary N) is 1. The fourth-order valence-electron chi connectivity index (χ4n) is 3.72. The molecule has 3 nitrogen and oxygen atoms in total. The minimum atomic E-state index is -0.175. The van der Waals surface area contributed by atoms with Crippen molar-refractivity contribution < 1.29 is 4.79 Å². The van der Waals surface area contributed by atoms with Gasteiger partial charge in [-0.25, -0.2) is 0 Å². The van der Waals surface area contributed by atoms with Crippen LogP contribution in [-0.2, 0) is 4.79 Å². The third-order valence-electron chi connectivity index (χ3n) is 4.22. The van der Waals surface area contributed by atoms with E-state index in [9.17, 15) is 4.79 Å². The van der Waals surface area contributed by atoms with Gasteiger partial charge in [-0.3, -0.25) is 4.79 Å². The van der Waals surface area contributed by atoms with Gasteiger partial charge < -0.3 is 11.1 Å². The van der Waals surface area contributed by atoms with Crippen LogP contribution in [0.1, 0.15) is 53.4 Å². The highest BCUT2D eigenvalue weighted by atomic mass is 16.1. The molecule has 3 atom stereocenters. The monoisotopic (exact) mass is 240 g/mol. The predicted molar refractivity (Wildman–Crippen MR) is 71.6 cm³/mol. The van der Waals surface area contributed by atoms with E-state index in [2.05, 4.69) is 33.0 Å². The van der Waals surface area contributed by atoms with Crippen molar-refractivity contribution in [3.8, 4) is 0 Å². The number of hydrogen-bond acceptors (Lipinski definition) is 2. The van der Waals surface area contributed by atoms with Crippen LogP contribution in [0.2, 0.25) is 0 Å². The molecule has 1 saturated carbocycles. The van der Waals surface area contributed by atoms with E-state index in [1.165, 1.54) is 12.8 Å². The van der Waals surface area contributed by atoms with Gasteiger partial charge in [0.2, 0.25) is 5.91 Å². The smallest absolute Gasteiger partial charge is 0.219 e. The van der Waals surface area contributed by atoms with Gasteiger partial charge >= 0.3 is 0 Å². The molecule has 0 spiro atoms. The van der Waals surface area contributed by atoms with Gasteiger partial charge in [0.25, 0.3) is 0 Å². The zero-order valence-corrected chi connectivity index (χ0v) is 11.8. The fraction of sp³-hybridized carbons (Fsp3) is 0.929. The second-order valence-electron chi connectivity index (χ2n) is 6.07. The summed E-state index contributed by atoms with van der Waals surface area (Å²) in [6, 6.07) is 0. The lowest BCUT2D eigenvalue weighted by Gasteiger charge is -2.48. The molecule has 1 aliphatic carbocycles. The summed E-state index contributed by atoms with van der Waals surface area (Å²) in [5.74, 6) is 1.67. The molecule has 17 heavy (non-hydrogen) atoms. The van der Waals surface area contributed by atoms with Crippen molar-refractivity contribution in [3.63, 3.8) is 0 Å². The molecule has 3 heteroatoms.